The molecule has 0 aliphatic carbocycles. The van der Waals surface area contributed by atoms with E-state index in [2.05, 4.69) is 27.7 Å². The van der Waals surface area contributed by atoms with Gasteiger partial charge in [0.25, 0.3) is 0 Å². The number of hydrogen-bond acceptors (Lipinski definition) is 6. The van der Waals surface area contributed by atoms with Gasteiger partial charge in [-0.15, -0.1) is 0 Å². The summed E-state index contributed by atoms with van der Waals surface area (Å²) in [6.07, 6.45) is 59.6. The molecule has 0 radical (unpaired) electrons. The molecule has 0 saturated heterocycles. The SMILES string of the molecule is CCCCCCCCCCCCCCCCCCCCCC(=O)OC[C@H](COC(=O)CCCCCCCCCCC(C)C)OC(=O)CCCCCCCCCCCCCCCCCCCC. The van der Waals surface area contributed by atoms with Crippen LogP contribution in [-0.2, 0) is 28.6 Å². The highest BCUT2D eigenvalue weighted by atomic mass is 16.6. The summed E-state index contributed by atoms with van der Waals surface area (Å²) < 4.78 is 16.9. The third-order valence-electron chi connectivity index (χ3n) is 13.8. The summed E-state index contributed by atoms with van der Waals surface area (Å²) in [5, 5.41) is 0. The number of carbonyl (C=O) groups is 3. The molecule has 0 aliphatic rings. The van der Waals surface area contributed by atoms with Crippen LogP contribution in [0.1, 0.15) is 342 Å². The number of unbranched alkanes of at least 4 members (excludes halogenated alkanes) is 42. The molecular weight excluding hydrogens is 817 g/mol. The smallest absolute Gasteiger partial charge is 0.306 e. The standard InChI is InChI=1S/C60H116O6/c1-5-7-9-11-13-15-17-19-21-23-25-27-28-30-32-34-39-43-47-51-58(61)64-54-57(55-65-59(62)52-48-44-40-37-36-38-42-46-50-56(3)4)66-60(63)53-49-45-41-35-33-31-29-26-24-22-20-18-16-14-12-10-8-6-2/h56-57H,5-55H2,1-4H3/t57-/m1/s1. The minimum Gasteiger partial charge on any atom is -0.462 e. The molecule has 0 aromatic heterocycles. The Balaban J connectivity index is 4.24. The second-order valence-electron chi connectivity index (χ2n) is 21.1. The molecule has 0 rings (SSSR count). The van der Waals surface area contributed by atoms with Crippen LogP contribution in [0.4, 0.5) is 0 Å². The Morgan fingerprint density at radius 2 is 0.500 bits per heavy atom. The van der Waals surface area contributed by atoms with Gasteiger partial charge in [0.05, 0.1) is 0 Å². The third-order valence-corrected chi connectivity index (χ3v) is 13.8. The molecule has 0 N–H and O–H groups in total. The monoisotopic (exact) mass is 933 g/mol. The van der Waals surface area contributed by atoms with Crippen molar-refractivity contribution >= 4 is 17.9 Å². The Kier molecular flexibility index (Phi) is 53.0. The van der Waals surface area contributed by atoms with Crippen molar-refractivity contribution in [2.24, 2.45) is 5.92 Å². The zero-order valence-corrected chi connectivity index (χ0v) is 45.2. The van der Waals surface area contributed by atoms with Gasteiger partial charge in [0, 0.05) is 19.3 Å². The molecule has 66 heavy (non-hydrogen) atoms. The molecule has 1 atom stereocenters. The zero-order chi connectivity index (χ0) is 48.1. The van der Waals surface area contributed by atoms with Crippen LogP contribution < -0.4 is 0 Å². The molecule has 0 unspecified atom stereocenters. The number of ether oxygens (including phenoxy) is 3. The molecule has 0 bridgehead atoms. The van der Waals surface area contributed by atoms with Gasteiger partial charge in [0.15, 0.2) is 6.10 Å². The van der Waals surface area contributed by atoms with E-state index in [-0.39, 0.29) is 31.1 Å². The summed E-state index contributed by atoms with van der Waals surface area (Å²) in [6.45, 7) is 9.03. The van der Waals surface area contributed by atoms with Gasteiger partial charge in [-0.1, -0.05) is 304 Å². The number of esters is 3. The minimum atomic E-state index is -0.762. The molecule has 0 aliphatic heterocycles. The minimum absolute atomic E-state index is 0.0622. The van der Waals surface area contributed by atoms with Gasteiger partial charge in [0.1, 0.15) is 13.2 Å². The predicted octanol–water partition coefficient (Wildman–Crippen LogP) is 19.8. The van der Waals surface area contributed by atoms with Crippen LogP contribution in [0.5, 0.6) is 0 Å². The van der Waals surface area contributed by atoms with Crippen molar-refractivity contribution < 1.29 is 28.6 Å². The zero-order valence-electron chi connectivity index (χ0n) is 45.2. The van der Waals surface area contributed by atoms with Crippen molar-refractivity contribution in [2.45, 2.75) is 348 Å². The van der Waals surface area contributed by atoms with Crippen LogP contribution in [0.25, 0.3) is 0 Å². The van der Waals surface area contributed by atoms with Gasteiger partial charge in [0.2, 0.25) is 0 Å². The van der Waals surface area contributed by atoms with Crippen molar-refractivity contribution in [3.05, 3.63) is 0 Å². The van der Waals surface area contributed by atoms with Crippen molar-refractivity contribution in [2.75, 3.05) is 13.2 Å². The molecule has 0 aromatic carbocycles. The largest absolute Gasteiger partial charge is 0.462 e. The maximum Gasteiger partial charge on any atom is 0.306 e. The van der Waals surface area contributed by atoms with Gasteiger partial charge in [-0.25, -0.2) is 0 Å². The first-order valence-electron chi connectivity index (χ1n) is 29.9. The molecule has 0 spiro atoms. The Hall–Kier alpha value is -1.59. The molecule has 6 heteroatoms. The average Bonchev–Trinajstić information content (AvgIpc) is 3.30. The highest BCUT2D eigenvalue weighted by Crippen LogP contribution is 2.18. The second-order valence-corrected chi connectivity index (χ2v) is 21.1. The molecule has 0 amide bonds. The summed E-state index contributed by atoms with van der Waals surface area (Å²) in [5.74, 6) is -0.0402. The van der Waals surface area contributed by atoms with E-state index in [1.807, 2.05) is 0 Å². The van der Waals surface area contributed by atoms with E-state index >= 15 is 0 Å². The van der Waals surface area contributed by atoms with E-state index in [0.29, 0.717) is 19.3 Å². The fourth-order valence-electron chi connectivity index (χ4n) is 9.28. The van der Waals surface area contributed by atoms with Gasteiger partial charge >= 0.3 is 17.9 Å². The molecule has 0 heterocycles. The first-order valence-corrected chi connectivity index (χ1v) is 29.9. The van der Waals surface area contributed by atoms with E-state index < -0.39 is 6.10 Å². The average molecular weight is 934 g/mol. The lowest BCUT2D eigenvalue weighted by atomic mass is 10.0. The summed E-state index contributed by atoms with van der Waals surface area (Å²) in [7, 11) is 0. The summed E-state index contributed by atoms with van der Waals surface area (Å²) in [6, 6.07) is 0. The lowest BCUT2D eigenvalue weighted by Gasteiger charge is -2.18. The third kappa shape index (κ3) is 53.4. The van der Waals surface area contributed by atoms with E-state index in [1.54, 1.807) is 0 Å². The van der Waals surface area contributed by atoms with Crippen LogP contribution >= 0.6 is 0 Å². The Morgan fingerprint density at radius 1 is 0.288 bits per heavy atom. The fourth-order valence-corrected chi connectivity index (χ4v) is 9.28. The quantitative estimate of drug-likeness (QED) is 0.0343. The van der Waals surface area contributed by atoms with Gasteiger partial charge in [-0.3, -0.25) is 14.4 Å². The lowest BCUT2D eigenvalue weighted by molar-refractivity contribution is -0.167. The highest BCUT2D eigenvalue weighted by Gasteiger charge is 2.19. The van der Waals surface area contributed by atoms with E-state index in [9.17, 15) is 14.4 Å². The molecule has 0 saturated carbocycles. The van der Waals surface area contributed by atoms with Gasteiger partial charge in [-0.05, 0) is 25.2 Å². The first-order chi connectivity index (χ1) is 32.4. The van der Waals surface area contributed by atoms with Crippen molar-refractivity contribution in [3.8, 4) is 0 Å². The van der Waals surface area contributed by atoms with Crippen LogP contribution in [0.15, 0.2) is 0 Å². The van der Waals surface area contributed by atoms with Crippen molar-refractivity contribution in [1.29, 1.82) is 0 Å². The van der Waals surface area contributed by atoms with Gasteiger partial charge in [-0.2, -0.15) is 0 Å². The van der Waals surface area contributed by atoms with Gasteiger partial charge < -0.3 is 14.2 Å². The summed E-state index contributed by atoms with van der Waals surface area (Å²) in [5.41, 5.74) is 0. The molecule has 0 fully saturated rings. The molecule has 6 nitrogen and oxygen atoms in total. The van der Waals surface area contributed by atoms with Crippen LogP contribution in [-0.4, -0.2) is 37.2 Å². The topological polar surface area (TPSA) is 78.9 Å². The second kappa shape index (κ2) is 54.4. The van der Waals surface area contributed by atoms with E-state index in [0.717, 1.165) is 63.7 Å². The molecule has 0 aromatic rings. The summed E-state index contributed by atoms with van der Waals surface area (Å²) >= 11 is 0. The van der Waals surface area contributed by atoms with E-state index in [1.165, 1.54) is 238 Å². The Labute approximate surface area is 412 Å². The number of rotatable bonds is 55. The van der Waals surface area contributed by atoms with Crippen LogP contribution in [0, 0.1) is 5.92 Å². The van der Waals surface area contributed by atoms with Crippen molar-refractivity contribution in [1.82, 2.24) is 0 Å². The molecular formula is C60H116O6. The van der Waals surface area contributed by atoms with Crippen LogP contribution in [0.2, 0.25) is 0 Å². The summed E-state index contributed by atoms with van der Waals surface area (Å²) in [4.78, 5) is 38.1. The Bertz CT molecular complexity index is 996. The predicted molar refractivity (Wildman–Crippen MR) is 284 cm³/mol. The number of carbonyl (C=O) groups excluding carboxylic acids is 3. The van der Waals surface area contributed by atoms with E-state index in [4.69, 9.17) is 14.2 Å². The van der Waals surface area contributed by atoms with Crippen molar-refractivity contribution in [3.63, 3.8) is 0 Å². The lowest BCUT2D eigenvalue weighted by Crippen LogP contribution is -2.30. The maximum atomic E-state index is 12.9. The highest BCUT2D eigenvalue weighted by molar-refractivity contribution is 5.71. The normalized spacial score (nSPS) is 12.0. The maximum absolute atomic E-state index is 12.9. The number of hydrogen-bond donors (Lipinski definition) is 0. The fraction of sp³-hybridized carbons (Fsp3) is 0.950. The Morgan fingerprint density at radius 3 is 0.742 bits per heavy atom. The molecule has 392 valence electrons. The first kappa shape index (κ1) is 64.4. The van der Waals surface area contributed by atoms with Crippen LogP contribution in [0.3, 0.4) is 0 Å².